The van der Waals surface area contributed by atoms with E-state index in [9.17, 15) is 9.59 Å². The molecule has 0 aliphatic heterocycles. The fraction of sp³-hybridized carbons (Fsp3) is 0.381. The second-order valence-electron chi connectivity index (χ2n) is 7.21. The first-order valence-corrected chi connectivity index (χ1v) is 10.2. The Labute approximate surface area is 162 Å². The number of H-pyrrole nitrogens is 1. The first kappa shape index (κ1) is 17.9. The summed E-state index contributed by atoms with van der Waals surface area (Å²) in [5.41, 5.74) is 1.55. The minimum absolute atomic E-state index is 0.00351. The summed E-state index contributed by atoms with van der Waals surface area (Å²) in [6.07, 6.45) is 4.27. The second kappa shape index (κ2) is 7.27. The van der Waals surface area contributed by atoms with Gasteiger partial charge in [-0.15, -0.1) is 11.3 Å². The Balaban J connectivity index is 1.70. The van der Waals surface area contributed by atoms with E-state index in [4.69, 9.17) is 0 Å². The van der Waals surface area contributed by atoms with Crippen molar-refractivity contribution < 1.29 is 4.79 Å². The van der Waals surface area contributed by atoms with Crippen molar-refractivity contribution >= 4 is 27.5 Å². The molecule has 3 aromatic rings. The molecule has 0 unspecified atom stereocenters. The molecule has 1 amide bonds. The maximum atomic E-state index is 13.2. The van der Waals surface area contributed by atoms with Gasteiger partial charge in [0, 0.05) is 16.5 Å². The number of nitrogens with zero attached hydrogens (tertiary/aromatic N) is 2. The van der Waals surface area contributed by atoms with Crippen LogP contribution in [0.3, 0.4) is 0 Å². The number of benzene rings is 1. The van der Waals surface area contributed by atoms with Crippen LogP contribution >= 0.6 is 11.3 Å². The third-order valence-corrected chi connectivity index (χ3v) is 6.56. The number of carbonyl (C=O) groups excluding carboxylic acids is 1. The van der Waals surface area contributed by atoms with Crippen LogP contribution in [0, 0.1) is 13.8 Å². The Bertz CT molecular complexity index is 1030. The molecule has 4 rings (SSSR count). The molecule has 1 N–H and O–H groups in total. The van der Waals surface area contributed by atoms with E-state index in [1.807, 2.05) is 49.1 Å². The molecular weight excluding hydrogens is 358 g/mol. The van der Waals surface area contributed by atoms with Crippen LogP contribution in [0.2, 0.25) is 0 Å². The minimum Gasteiger partial charge on any atom is -0.328 e. The van der Waals surface area contributed by atoms with E-state index in [0.717, 1.165) is 41.0 Å². The number of rotatable bonds is 4. The minimum atomic E-state index is -0.115. The summed E-state index contributed by atoms with van der Waals surface area (Å²) in [4.78, 5) is 37.1. The van der Waals surface area contributed by atoms with Crippen LogP contribution in [-0.2, 0) is 6.54 Å². The fourth-order valence-corrected chi connectivity index (χ4v) is 4.91. The summed E-state index contributed by atoms with van der Waals surface area (Å²) in [5, 5.41) is 0.669. The second-order valence-corrected chi connectivity index (χ2v) is 8.42. The number of hydrogen-bond donors (Lipinski definition) is 1. The Morgan fingerprint density at radius 1 is 1.22 bits per heavy atom. The van der Waals surface area contributed by atoms with Gasteiger partial charge in [-0.05, 0) is 44.4 Å². The lowest BCUT2D eigenvalue weighted by Gasteiger charge is -2.28. The predicted molar refractivity (Wildman–Crippen MR) is 108 cm³/mol. The molecule has 2 aromatic heterocycles. The molecule has 5 nitrogen and oxygen atoms in total. The van der Waals surface area contributed by atoms with Gasteiger partial charge in [-0.2, -0.15) is 0 Å². The van der Waals surface area contributed by atoms with Gasteiger partial charge in [-0.1, -0.05) is 31.0 Å². The number of aryl methyl sites for hydroxylation is 2. The largest absolute Gasteiger partial charge is 0.328 e. The molecule has 1 aliphatic rings. The van der Waals surface area contributed by atoms with Crippen molar-refractivity contribution in [1.82, 2.24) is 14.9 Å². The summed E-state index contributed by atoms with van der Waals surface area (Å²) in [7, 11) is 0. The van der Waals surface area contributed by atoms with Crippen molar-refractivity contribution in [2.45, 2.75) is 52.1 Å². The van der Waals surface area contributed by atoms with Gasteiger partial charge in [0.2, 0.25) is 0 Å². The molecule has 27 heavy (non-hydrogen) atoms. The summed E-state index contributed by atoms with van der Waals surface area (Å²) in [6.45, 7) is 4.29. The molecular formula is C21H23N3O2S. The normalized spacial score (nSPS) is 14.7. The first-order chi connectivity index (χ1) is 13.0. The molecule has 140 valence electrons. The lowest BCUT2D eigenvalue weighted by atomic mass is 10.1. The highest BCUT2D eigenvalue weighted by Gasteiger charge is 2.28. The standard InChI is InChI=1S/C21H23N3O2S/c1-13-14(2)27-20-18(13)19(25)22-17(23-20)12-24(16-10-6-7-11-16)21(26)15-8-4-3-5-9-15/h3-5,8-9,16H,6-7,10-12H2,1-2H3,(H,22,23,25). The Morgan fingerprint density at radius 2 is 1.93 bits per heavy atom. The summed E-state index contributed by atoms with van der Waals surface area (Å²) in [5.74, 6) is 0.564. The number of carbonyl (C=O) groups is 1. The van der Waals surface area contributed by atoms with Gasteiger partial charge in [0.15, 0.2) is 0 Å². The molecule has 0 saturated heterocycles. The molecule has 6 heteroatoms. The number of thiophene rings is 1. The zero-order chi connectivity index (χ0) is 19.0. The highest BCUT2D eigenvalue weighted by atomic mass is 32.1. The van der Waals surface area contributed by atoms with Gasteiger partial charge in [-0.3, -0.25) is 9.59 Å². The van der Waals surface area contributed by atoms with Crippen molar-refractivity contribution in [2.24, 2.45) is 0 Å². The zero-order valence-corrected chi connectivity index (χ0v) is 16.4. The monoisotopic (exact) mass is 381 g/mol. The average Bonchev–Trinajstić information content (AvgIpc) is 3.29. The number of aromatic nitrogens is 2. The Hall–Kier alpha value is -2.47. The Morgan fingerprint density at radius 3 is 2.63 bits per heavy atom. The highest BCUT2D eigenvalue weighted by molar-refractivity contribution is 7.18. The lowest BCUT2D eigenvalue weighted by Crippen LogP contribution is -2.39. The third-order valence-electron chi connectivity index (χ3n) is 5.46. The number of amides is 1. The molecule has 0 spiro atoms. The quantitative estimate of drug-likeness (QED) is 0.737. The molecule has 1 aromatic carbocycles. The number of aromatic amines is 1. The molecule has 0 atom stereocenters. The first-order valence-electron chi connectivity index (χ1n) is 9.39. The highest BCUT2D eigenvalue weighted by Crippen LogP contribution is 2.28. The van der Waals surface area contributed by atoms with Crippen LogP contribution in [0.25, 0.3) is 10.2 Å². The maximum Gasteiger partial charge on any atom is 0.259 e. The van der Waals surface area contributed by atoms with Gasteiger partial charge in [0.05, 0.1) is 11.9 Å². The van der Waals surface area contributed by atoms with Crippen LogP contribution in [0.15, 0.2) is 35.1 Å². The van der Waals surface area contributed by atoms with E-state index in [0.29, 0.717) is 23.3 Å². The molecule has 0 bridgehead atoms. The van der Waals surface area contributed by atoms with E-state index < -0.39 is 0 Å². The summed E-state index contributed by atoms with van der Waals surface area (Å²) < 4.78 is 0. The van der Waals surface area contributed by atoms with E-state index in [2.05, 4.69) is 9.97 Å². The molecule has 1 saturated carbocycles. The van der Waals surface area contributed by atoms with Gasteiger partial charge in [0.25, 0.3) is 11.5 Å². The number of hydrogen-bond acceptors (Lipinski definition) is 4. The van der Waals surface area contributed by atoms with Crippen molar-refractivity contribution in [3.05, 3.63) is 62.5 Å². The summed E-state index contributed by atoms with van der Waals surface area (Å²) >= 11 is 1.54. The Kier molecular flexibility index (Phi) is 4.83. The third kappa shape index (κ3) is 3.41. The van der Waals surface area contributed by atoms with Gasteiger partial charge in [0.1, 0.15) is 10.7 Å². The van der Waals surface area contributed by atoms with Crippen LogP contribution in [0.5, 0.6) is 0 Å². The maximum absolute atomic E-state index is 13.2. The van der Waals surface area contributed by atoms with E-state index in [-0.39, 0.29) is 17.5 Å². The molecule has 2 heterocycles. The van der Waals surface area contributed by atoms with Crippen molar-refractivity contribution in [1.29, 1.82) is 0 Å². The number of fused-ring (bicyclic) bond motifs is 1. The van der Waals surface area contributed by atoms with Crippen molar-refractivity contribution in [3.63, 3.8) is 0 Å². The van der Waals surface area contributed by atoms with Gasteiger partial charge in [-0.25, -0.2) is 4.98 Å². The predicted octanol–water partition coefficient (Wildman–Crippen LogP) is 4.19. The molecule has 1 fully saturated rings. The van der Waals surface area contributed by atoms with Crippen LogP contribution in [0.4, 0.5) is 0 Å². The molecule has 0 radical (unpaired) electrons. The smallest absolute Gasteiger partial charge is 0.259 e. The number of nitrogens with one attached hydrogen (secondary N) is 1. The lowest BCUT2D eigenvalue weighted by molar-refractivity contribution is 0.0658. The van der Waals surface area contributed by atoms with Crippen LogP contribution in [-0.4, -0.2) is 26.8 Å². The average molecular weight is 382 g/mol. The zero-order valence-electron chi connectivity index (χ0n) is 15.6. The van der Waals surface area contributed by atoms with Crippen LogP contribution in [0.1, 0.15) is 52.3 Å². The fourth-order valence-electron chi connectivity index (χ4n) is 3.86. The van der Waals surface area contributed by atoms with Crippen LogP contribution < -0.4 is 5.56 Å². The van der Waals surface area contributed by atoms with E-state index in [1.54, 1.807) is 0 Å². The van der Waals surface area contributed by atoms with Gasteiger partial charge >= 0.3 is 0 Å². The van der Waals surface area contributed by atoms with Gasteiger partial charge < -0.3 is 9.88 Å². The summed E-state index contributed by atoms with van der Waals surface area (Å²) in [6, 6.07) is 9.55. The van der Waals surface area contributed by atoms with E-state index in [1.165, 1.54) is 11.3 Å². The van der Waals surface area contributed by atoms with E-state index >= 15 is 0 Å². The SMILES string of the molecule is Cc1sc2nc(CN(C(=O)c3ccccc3)C3CCCC3)[nH]c(=O)c2c1C. The van der Waals surface area contributed by atoms with Crippen molar-refractivity contribution in [3.8, 4) is 0 Å². The topological polar surface area (TPSA) is 66.1 Å². The molecule has 1 aliphatic carbocycles. The van der Waals surface area contributed by atoms with Crippen molar-refractivity contribution in [2.75, 3.05) is 0 Å².